The largest absolute Gasteiger partial charge is 0.481 e. The molecule has 0 aromatic heterocycles. The number of hydrogen-bond donors (Lipinski definition) is 1. The van der Waals surface area contributed by atoms with Gasteiger partial charge in [0.25, 0.3) is 5.69 Å². The van der Waals surface area contributed by atoms with Gasteiger partial charge in [-0.1, -0.05) is 12.1 Å². The van der Waals surface area contributed by atoms with Gasteiger partial charge in [-0.3, -0.25) is 19.7 Å². The molecule has 102 valence electrons. The van der Waals surface area contributed by atoms with Gasteiger partial charge in [0.2, 0.25) is 0 Å². The fourth-order valence-corrected chi connectivity index (χ4v) is 1.77. The van der Waals surface area contributed by atoms with Crippen LogP contribution in [0, 0.1) is 10.1 Å². The highest BCUT2D eigenvalue weighted by Gasteiger charge is 2.39. The van der Waals surface area contributed by atoms with Crippen molar-refractivity contribution in [2.45, 2.75) is 18.8 Å². The summed E-state index contributed by atoms with van der Waals surface area (Å²) in [6.45, 7) is 1.42. The van der Waals surface area contributed by atoms with Crippen LogP contribution in [0.25, 0.3) is 0 Å². The molecule has 0 aliphatic carbocycles. The molecular weight excluding hydrogens is 254 g/mol. The van der Waals surface area contributed by atoms with Crippen molar-refractivity contribution >= 4 is 17.6 Å². The van der Waals surface area contributed by atoms with Crippen LogP contribution in [0.2, 0.25) is 0 Å². The summed E-state index contributed by atoms with van der Waals surface area (Å²) in [6.07, 6.45) is -0.461. The van der Waals surface area contributed by atoms with E-state index in [9.17, 15) is 19.7 Å². The summed E-state index contributed by atoms with van der Waals surface area (Å²) in [5, 5.41) is 19.4. The summed E-state index contributed by atoms with van der Waals surface area (Å²) in [6, 6.07) is 5.16. The molecule has 19 heavy (non-hydrogen) atoms. The molecule has 1 atom stereocenters. The number of ether oxygens (including phenoxy) is 1. The minimum Gasteiger partial charge on any atom is -0.481 e. The highest BCUT2D eigenvalue weighted by Crippen LogP contribution is 2.30. The van der Waals surface area contributed by atoms with Gasteiger partial charge in [-0.25, -0.2) is 0 Å². The van der Waals surface area contributed by atoms with Crippen LogP contribution in [0.3, 0.4) is 0 Å². The van der Waals surface area contributed by atoms with Gasteiger partial charge < -0.3 is 9.84 Å². The first-order chi connectivity index (χ1) is 8.81. The standard InChI is InChI=1S/C12H13NO6/c1-12(7-10(14)15,11(16)19-2)8-3-5-9(6-4-8)13(17)18/h3-6H,7H2,1-2H3,(H,14,15). The van der Waals surface area contributed by atoms with Crippen LogP contribution >= 0.6 is 0 Å². The quantitative estimate of drug-likeness (QED) is 0.492. The Morgan fingerprint density at radius 3 is 2.26 bits per heavy atom. The molecule has 7 heteroatoms. The first-order valence-corrected chi connectivity index (χ1v) is 5.36. The van der Waals surface area contributed by atoms with Gasteiger partial charge in [0.1, 0.15) is 5.41 Å². The average molecular weight is 267 g/mol. The van der Waals surface area contributed by atoms with E-state index in [1.54, 1.807) is 0 Å². The number of carboxylic acid groups (broad SMARTS) is 1. The van der Waals surface area contributed by atoms with Gasteiger partial charge in [0.15, 0.2) is 0 Å². The number of carbonyl (C=O) groups is 2. The van der Waals surface area contributed by atoms with Gasteiger partial charge in [-0.05, 0) is 12.5 Å². The van der Waals surface area contributed by atoms with Crippen molar-refractivity contribution in [2.24, 2.45) is 0 Å². The van der Waals surface area contributed by atoms with Crippen LogP contribution in [0.5, 0.6) is 0 Å². The molecule has 0 amide bonds. The van der Waals surface area contributed by atoms with Crippen molar-refractivity contribution in [2.75, 3.05) is 7.11 Å². The number of nitro benzene ring substituents is 1. The van der Waals surface area contributed by atoms with Crippen LogP contribution < -0.4 is 0 Å². The number of rotatable bonds is 5. The molecule has 1 unspecified atom stereocenters. The maximum Gasteiger partial charge on any atom is 0.316 e. The number of nitro groups is 1. The normalized spacial score (nSPS) is 13.4. The minimum absolute atomic E-state index is 0.133. The lowest BCUT2D eigenvalue weighted by Gasteiger charge is -2.25. The van der Waals surface area contributed by atoms with Gasteiger partial charge in [-0.2, -0.15) is 0 Å². The van der Waals surface area contributed by atoms with E-state index in [1.165, 1.54) is 31.2 Å². The number of carbonyl (C=O) groups excluding carboxylic acids is 1. The van der Waals surface area contributed by atoms with E-state index in [0.717, 1.165) is 7.11 Å². The third kappa shape index (κ3) is 3.06. The van der Waals surface area contributed by atoms with E-state index in [2.05, 4.69) is 4.74 Å². The smallest absolute Gasteiger partial charge is 0.316 e. The number of nitrogens with zero attached hydrogens (tertiary/aromatic N) is 1. The van der Waals surface area contributed by atoms with Gasteiger partial charge in [0, 0.05) is 12.1 Å². The van der Waals surface area contributed by atoms with Crippen molar-refractivity contribution in [3.8, 4) is 0 Å². The summed E-state index contributed by atoms with van der Waals surface area (Å²) in [5.41, 5.74) is -1.16. The highest BCUT2D eigenvalue weighted by molar-refractivity contribution is 5.87. The third-order valence-corrected chi connectivity index (χ3v) is 2.86. The molecule has 7 nitrogen and oxygen atoms in total. The monoisotopic (exact) mass is 267 g/mol. The summed E-state index contributed by atoms with van der Waals surface area (Å²) in [5.74, 6) is -1.87. The van der Waals surface area contributed by atoms with Gasteiger partial charge in [0.05, 0.1) is 18.5 Å². The minimum atomic E-state index is -1.38. The van der Waals surface area contributed by atoms with E-state index >= 15 is 0 Å². The maximum absolute atomic E-state index is 11.8. The SMILES string of the molecule is COC(=O)C(C)(CC(=O)O)c1ccc([N+](=O)[O-])cc1. The molecule has 0 radical (unpaired) electrons. The third-order valence-electron chi connectivity index (χ3n) is 2.86. The molecule has 0 saturated carbocycles. The summed E-state index contributed by atoms with van der Waals surface area (Å²) in [4.78, 5) is 32.6. The zero-order chi connectivity index (χ0) is 14.6. The predicted molar refractivity (Wildman–Crippen MR) is 64.7 cm³/mol. The van der Waals surface area contributed by atoms with E-state index in [4.69, 9.17) is 5.11 Å². The van der Waals surface area contributed by atoms with Crippen LogP contribution in [0.1, 0.15) is 18.9 Å². The molecule has 0 fully saturated rings. The average Bonchev–Trinajstić information content (AvgIpc) is 2.36. The van der Waals surface area contributed by atoms with E-state index in [0.29, 0.717) is 5.56 Å². The Bertz CT molecular complexity index is 509. The summed E-state index contributed by atoms with van der Waals surface area (Å²) >= 11 is 0. The molecule has 0 bridgehead atoms. The number of benzene rings is 1. The molecule has 1 N–H and O–H groups in total. The number of non-ortho nitro benzene ring substituents is 1. The number of carboxylic acids is 1. The Kier molecular flexibility index (Phi) is 4.21. The predicted octanol–water partition coefficient (Wildman–Crippen LogP) is 1.50. The molecular formula is C12H13NO6. The Hall–Kier alpha value is -2.44. The van der Waals surface area contributed by atoms with E-state index in [-0.39, 0.29) is 5.69 Å². The Balaban J connectivity index is 3.21. The van der Waals surface area contributed by atoms with Crippen molar-refractivity contribution < 1.29 is 24.4 Å². The second kappa shape index (κ2) is 5.47. The second-order valence-corrected chi connectivity index (χ2v) is 4.20. The molecule has 0 saturated heterocycles. The molecule has 0 aliphatic heterocycles. The van der Waals surface area contributed by atoms with Crippen LogP contribution in [0.15, 0.2) is 24.3 Å². The summed E-state index contributed by atoms with van der Waals surface area (Å²) < 4.78 is 4.61. The summed E-state index contributed by atoms with van der Waals surface area (Å²) in [7, 11) is 1.16. The number of methoxy groups -OCH3 is 1. The number of aliphatic carboxylic acids is 1. The Morgan fingerprint density at radius 2 is 1.89 bits per heavy atom. The van der Waals surface area contributed by atoms with Gasteiger partial charge in [-0.15, -0.1) is 0 Å². The van der Waals surface area contributed by atoms with Gasteiger partial charge >= 0.3 is 11.9 Å². The lowest BCUT2D eigenvalue weighted by molar-refractivity contribution is -0.384. The fraction of sp³-hybridized carbons (Fsp3) is 0.333. The lowest BCUT2D eigenvalue weighted by Crippen LogP contribution is -2.36. The first-order valence-electron chi connectivity index (χ1n) is 5.36. The van der Waals surface area contributed by atoms with Crippen LogP contribution in [0.4, 0.5) is 5.69 Å². The van der Waals surface area contributed by atoms with Crippen LogP contribution in [-0.4, -0.2) is 29.1 Å². The van der Waals surface area contributed by atoms with Crippen molar-refractivity contribution in [3.63, 3.8) is 0 Å². The number of esters is 1. The highest BCUT2D eigenvalue weighted by atomic mass is 16.6. The molecule has 0 spiro atoms. The second-order valence-electron chi connectivity index (χ2n) is 4.20. The van der Waals surface area contributed by atoms with Crippen molar-refractivity contribution in [1.82, 2.24) is 0 Å². The first kappa shape index (κ1) is 14.6. The number of hydrogen-bond acceptors (Lipinski definition) is 5. The molecule has 1 rings (SSSR count). The van der Waals surface area contributed by atoms with Crippen molar-refractivity contribution in [1.29, 1.82) is 0 Å². The molecule has 0 aliphatic rings. The lowest BCUT2D eigenvalue weighted by atomic mass is 9.79. The molecule has 1 aromatic carbocycles. The molecule has 1 aromatic rings. The topological polar surface area (TPSA) is 107 Å². The zero-order valence-electron chi connectivity index (χ0n) is 10.5. The zero-order valence-corrected chi connectivity index (χ0v) is 10.5. The van der Waals surface area contributed by atoms with E-state index in [1.807, 2.05) is 0 Å². The Morgan fingerprint density at radius 1 is 1.37 bits per heavy atom. The Labute approximate surface area is 109 Å². The fourth-order valence-electron chi connectivity index (χ4n) is 1.77. The van der Waals surface area contributed by atoms with Crippen LogP contribution in [-0.2, 0) is 19.7 Å². The maximum atomic E-state index is 11.8. The van der Waals surface area contributed by atoms with Crippen molar-refractivity contribution in [3.05, 3.63) is 39.9 Å². The molecule has 0 heterocycles. The van der Waals surface area contributed by atoms with E-state index < -0.39 is 28.7 Å².